The van der Waals surface area contributed by atoms with E-state index in [-0.39, 0.29) is 5.92 Å². The highest BCUT2D eigenvalue weighted by atomic mass is 35.5. The molecule has 4 nitrogen and oxygen atoms in total. The number of hydrogen-bond donors (Lipinski definition) is 1. The van der Waals surface area contributed by atoms with E-state index in [1.165, 1.54) is 5.56 Å². The van der Waals surface area contributed by atoms with Crippen molar-refractivity contribution < 1.29 is 4.52 Å². The van der Waals surface area contributed by atoms with E-state index in [1.54, 1.807) is 0 Å². The molecule has 0 aliphatic heterocycles. The minimum Gasteiger partial charge on any atom is -0.337 e. The molecule has 2 aromatic rings. The molecule has 1 N–H and O–H groups in total. The van der Waals surface area contributed by atoms with Crippen molar-refractivity contribution in [3.8, 4) is 0 Å². The van der Waals surface area contributed by atoms with Gasteiger partial charge in [0.15, 0.2) is 5.82 Å². The maximum atomic E-state index is 5.92. The van der Waals surface area contributed by atoms with Crippen molar-refractivity contribution in [2.75, 3.05) is 11.9 Å². The van der Waals surface area contributed by atoms with E-state index < -0.39 is 0 Å². The van der Waals surface area contributed by atoms with E-state index in [1.807, 2.05) is 38.1 Å². The van der Waals surface area contributed by atoms with Gasteiger partial charge in [-0.3, -0.25) is 0 Å². The number of halogens is 1. The fraction of sp³-hybridized carbons (Fsp3) is 0.385. The van der Waals surface area contributed by atoms with Crippen LogP contribution in [0, 0.1) is 0 Å². The van der Waals surface area contributed by atoms with Crippen molar-refractivity contribution in [1.82, 2.24) is 10.1 Å². The van der Waals surface area contributed by atoms with Crippen LogP contribution in [0.25, 0.3) is 0 Å². The van der Waals surface area contributed by atoms with Crippen LogP contribution in [0.4, 0.5) is 6.01 Å². The molecule has 0 amide bonds. The van der Waals surface area contributed by atoms with Gasteiger partial charge in [0.05, 0.1) is 0 Å². The third-order valence-corrected chi connectivity index (χ3v) is 2.77. The van der Waals surface area contributed by atoms with E-state index in [0.29, 0.717) is 6.01 Å². The molecule has 0 saturated heterocycles. The zero-order chi connectivity index (χ0) is 13.0. The van der Waals surface area contributed by atoms with Crippen LogP contribution in [-0.2, 0) is 6.42 Å². The van der Waals surface area contributed by atoms with E-state index in [2.05, 4.69) is 15.5 Å². The lowest BCUT2D eigenvalue weighted by Gasteiger charge is -2.02. The Bertz CT molecular complexity index is 510. The molecule has 2 rings (SSSR count). The molecule has 0 radical (unpaired) electrons. The Kier molecular flexibility index (Phi) is 4.20. The lowest BCUT2D eigenvalue weighted by atomic mass is 10.1. The predicted octanol–water partition coefficient (Wildman–Crippen LogP) is 3.50. The summed E-state index contributed by atoms with van der Waals surface area (Å²) >= 11 is 5.92. The van der Waals surface area contributed by atoms with E-state index in [4.69, 9.17) is 16.1 Å². The number of anilines is 1. The molecule has 0 aliphatic rings. The topological polar surface area (TPSA) is 51.0 Å². The molecule has 18 heavy (non-hydrogen) atoms. The van der Waals surface area contributed by atoms with Gasteiger partial charge in [-0.2, -0.15) is 4.98 Å². The van der Waals surface area contributed by atoms with Crippen molar-refractivity contribution in [1.29, 1.82) is 0 Å². The van der Waals surface area contributed by atoms with Crippen molar-refractivity contribution in [3.05, 3.63) is 40.7 Å². The van der Waals surface area contributed by atoms with Gasteiger partial charge in [0, 0.05) is 17.5 Å². The molecule has 0 aliphatic carbocycles. The third-order valence-electron chi connectivity index (χ3n) is 2.54. The van der Waals surface area contributed by atoms with Gasteiger partial charge in [-0.05, 0) is 24.1 Å². The average molecular weight is 266 g/mol. The summed E-state index contributed by atoms with van der Waals surface area (Å²) in [5.74, 6) is 0.998. The average Bonchev–Trinajstić information content (AvgIpc) is 2.78. The first kappa shape index (κ1) is 12.9. The molecule has 0 spiro atoms. The molecule has 0 bridgehead atoms. The summed E-state index contributed by atoms with van der Waals surface area (Å²) in [7, 11) is 0. The van der Waals surface area contributed by atoms with Crippen molar-refractivity contribution >= 4 is 17.6 Å². The second kappa shape index (κ2) is 5.87. The molecule has 1 aromatic carbocycles. The van der Waals surface area contributed by atoms with Gasteiger partial charge >= 0.3 is 6.01 Å². The maximum absolute atomic E-state index is 5.92. The molecule has 0 fully saturated rings. The fourth-order valence-electron chi connectivity index (χ4n) is 1.55. The lowest BCUT2D eigenvalue weighted by molar-refractivity contribution is 0.419. The van der Waals surface area contributed by atoms with Crippen LogP contribution in [0.2, 0.25) is 5.02 Å². The molecule has 5 heteroatoms. The third kappa shape index (κ3) is 3.47. The highest BCUT2D eigenvalue weighted by molar-refractivity contribution is 6.30. The molecule has 0 atom stereocenters. The first-order chi connectivity index (χ1) is 8.65. The van der Waals surface area contributed by atoms with Crippen LogP contribution >= 0.6 is 11.6 Å². The highest BCUT2D eigenvalue weighted by Crippen LogP contribution is 2.13. The largest absolute Gasteiger partial charge is 0.337 e. The molecule has 1 aromatic heterocycles. The number of hydrogen-bond acceptors (Lipinski definition) is 4. The first-order valence-electron chi connectivity index (χ1n) is 5.97. The zero-order valence-corrected chi connectivity index (χ0v) is 11.2. The Labute approximate surface area is 111 Å². The van der Waals surface area contributed by atoms with Gasteiger partial charge in [-0.15, -0.1) is 0 Å². The maximum Gasteiger partial charge on any atom is 0.321 e. The minimum atomic E-state index is 0.275. The van der Waals surface area contributed by atoms with Gasteiger partial charge in [0.2, 0.25) is 0 Å². The Morgan fingerprint density at radius 3 is 2.89 bits per heavy atom. The molecular weight excluding hydrogens is 250 g/mol. The Hall–Kier alpha value is -1.55. The predicted molar refractivity (Wildman–Crippen MR) is 72.0 cm³/mol. The van der Waals surface area contributed by atoms with Crippen molar-refractivity contribution in [2.24, 2.45) is 0 Å². The molecule has 1 heterocycles. The molecular formula is C13H16ClN3O. The highest BCUT2D eigenvalue weighted by Gasteiger charge is 2.08. The first-order valence-corrected chi connectivity index (χ1v) is 6.35. The van der Waals surface area contributed by atoms with Gasteiger partial charge in [-0.1, -0.05) is 42.7 Å². The van der Waals surface area contributed by atoms with Gasteiger partial charge in [-0.25, -0.2) is 0 Å². The SMILES string of the molecule is CC(C)c1noc(NCCc2cccc(Cl)c2)n1. The van der Waals surface area contributed by atoms with Crippen LogP contribution in [0.1, 0.15) is 31.2 Å². The second-order valence-electron chi connectivity index (χ2n) is 4.42. The number of nitrogens with zero attached hydrogens (tertiary/aromatic N) is 2. The number of benzene rings is 1. The molecule has 96 valence electrons. The smallest absolute Gasteiger partial charge is 0.321 e. The van der Waals surface area contributed by atoms with E-state index in [9.17, 15) is 0 Å². The van der Waals surface area contributed by atoms with Crippen LogP contribution < -0.4 is 5.32 Å². The summed E-state index contributed by atoms with van der Waals surface area (Å²) in [6.07, 6.45) is 0.861. The quantitative estimate of drug-likeness (QED) is 0.899. The Morgan fingerprint density at radius 1 is 1.39 bits per heavy atom. The summed E-state index contributed by atoms with van der Waals surface area (Å²) in [6.45, 7) is 4.79. The molecule has 0 unspecified atom stereocenters. The summed E-state index contributed by atoms with van der Waals surface area (Å²) in [6, 6.07) is 8.28. The van der Waals surface area contributed by atoms with Crippen molar-refractivity contribution in [3.63, 3.8) is 0 Å². The van der Waals surface area contributed by atoms with E-state index in [0.717, 1.165) is 23.8 Å². The number of aromatic nitrogens is 2. The summed E-state index contributed by atoms with van der Waals surface area (Å²) in [5.41, 5.74) is 1.18. The lowest BCUT2D eigenvalue weighted by Crippen LogP contribution is -2.05. The normalized spacial score (nSPS) is 10.9. The minimum absolute atomic E-state index is 0.275. The number of nitrogens with one attached hydrogen (secondary N) is 1. The zero-order valence-electron chi connectivity index (χ0n) is 10.5. The van der Waals surface area contributed by atoms with Crippen LogP contribution in [0.5, 0.6) is 0 Å². The van der Waals surface area contributed by atoms with Gasteiger partial charge in [0.1, 0.15) is 0 Å². The van der Waals surface area contributed by atoms with Crippen LogP contribution in [0.15, 0.2) is 28.8 Å². The van der Waals surface area contributed by atoms with Crippen molar-refractivity contribution in [2.45, 2.75) is 26.2 Å². The number of rotatable bonds is 5. The van der Waals surface area contributed by atoms with Gasteiger partial charge < -0.3 is 9.84 Å². The Balaban J connectivity index is 1.84. The van der Waals surface area contributed by atoms with Gasteiger partial charge in [0.25, 0.3) is 0 Å². The summed E-state index contributed by atoms with van der Waals surface area (Å²) in [4.78, 5) is 4.24. The fourth-order valence-corrected chi connectivity index (χ4v) is 1.76. The van der Waals surface area contributed by atoms with E-state index >= 15 is 0 Å². The summed E-state index contributed by atoms with van der Waals surface area (Å²) < 4.78 is 5.09. The van der Waals surface area contributed by atoms with Crippen LogP contribution in [0.3, 0.4) is 0 Å². The van der Waals surface area contributed by atoms with Crippen LogP contribution in [-0.4, -0.2) is 16.7 Å². The second-order valence-corrected chi connectivity index (χ2v) is 4.86. The standard InChI is InChI=1S/C13H16ClN3O/c1-9(2)12-16-13(18-17-12)15-7-6-10-4-3-5-11(14)8-10/h3-5,8-9H,6-7H2,1-2H3,(H,15,16,17). The monoisotopic (exact) mass is 265 g/mol. The Morgan fingerprint density at radius 2 is 2.22 bits per heavy atom. The summed E-state index contributed by atoms with van der Waals surface area (Å²) in [5, 5.41) is 7.75. The molecule has 0 saturated carbocycles.